The maximum absolute atomic E-state index is 12.5. The van der Waals surface area contributed by atoms with Gasteiger partial charge in [0.2, 0.25) is 5.91 Å². The van der Waals surface area contributed by atoms with Crippen molar-refractivity contribution in [3.05, 3.63) is 76.9 Å². The van der Waals surface area contributed by atoms with E-state index in [1.54, 1.807) is 0 Å². The van der Waals surface area contributed by atoms with Gasteiger partial charge in [-0.25, -0.2) is 10.9 Å². The lowest BCUT2D eigenvalue weighted by molar-refractivity contribution is -0.137. The van der Waals surface area contributed by atoms with Crippen molar-refractivity contribution in [3.63, 3.8) is 0 Å². The lowest BCUT2D eigenvalue weighted by Crippen LogP contribution is -2.43. The number of carbonyl (C=O) groups is 1. The quantitative estimate of drug-likeness (QED) is 0.714. The lowest BCUT2D eigenvalue weighted by Gasteiger charge is -2.11. The number of benzene rings is 2. The Bertz CT molecular complexity index is 814. The van der Waals surface area contributed by atoms with E-state index in [4.69, 9.17) is 0 Å². The van der Waals surface area contributed by atoms with Crippen LogP contribution in [0.1, 0.15) is 34.7 Å². The van der Waals surface area contributed by atoms with Gasteiger partial charge in [0.1, 0.15) is 0 Å². The van der Waals surface area contributed by atoms with Crippen molar-refractivity contribution < 1.29 is 18.0 Å². The smallest absolute Gasteiger partial charge is 0.336 e. The number of hydrazine groups is 1. The molecule has 1 aliphatic rings. The highest BCUT2D eigenvalue weighted by molar-refractivity contribution is 5.91. The van der Waals surface area contributed by atoms with Gasteiger partial charge in [-0.2, -0.15) is 13.2 Å². The molecule has 4 nitrogen and oxygen atoms in total. The largest absolute Gasteiger partial charge is 0.416 e. The summed E-state index contributed by atoms with van der Waals surface area (Å²) in [6.07, 6.45) is -1.13. The fraction of sp³-hybridized carbons (Fsp3) is 0.250. The van der Waals surface area contributed by atoms with Crippen LogP contribution in [0.4, 0.5) is 13.2 Å². The van der Waals surface area contributed by atoms with E-state index in [0.717, 1.165) is 17.7 Å². The van der Waals surface area contributed by atoms with E-state index in [0.29, 0.717) is 12.0 Å². The molecule has 1 amide bonds. The molecule has 2 unspecified atom stereocenters. The minimum absolute atomic E-state index is 0.0924. The molecule has 2 aromatic carbocycles. The molecule has 1 fully saturated rings. The fourth-order valence-corrected chi connectivity index (χ4v) is 2.84. The van der Waals surface area contributed by atoms with Gasteiger partial charge in [-0.05, 0) is 36.3 Å². The van der Waals surface area contributed by atoms with Crippen LogP contribution in [0.5, 0.6) is 0 Å². The number of halogens is 3. The standard InChI is InChI=1S/C20H20F3N3O/c1-13-2-7-15(8-3-13)17-12-18(26-25-17)24-19(27)11-6-14-4-9-16(10-5-14)20(21,22)23/h2-11,17-18,25-26H,12H2,1H3,(H,24,27)/b11-6+. The van der Waals surface area contributed by atoms with Gasteiger partial charge >= 0.3 is 6.18 Å². The minimum atomic E-state index is -4.37. The van der Waals surface area contributed by atoms with Gasteiger partial charge in [0.15, 0.2) is 0 Å². The number of hydrogen-bond donors (Lipinski definition) is 3. The Balaban J connectivity index is 1.52. The molecule has 0 bridgehead atoms. The normalized spacial score (nSPS) is 20.1. The first-order valence-electron chi connectivity index (χ1n) is 8.55. The third-order valence-corrected chi connectivity index (χ3v) is 4.36. The van der Waals surface area contributed by atoms with Gasteiger partial charge in [-0.3, -0.25) is 4.79 Å². The van der Waals surface area contributed by atoms with Crippen molar-refractivity contribution in [1.82, 2.24) is 16.2 Å². The first-order chi connectivity index (χ1) is 12.8. The Labute approximate surface area is 155 Å². The molecule has 0 spiro atoms. The topological polar surface area (TPSA) is 53.2 Å². The minimum Gasteiger partial charge on any atom is -0.336 e. The van der Waals surface area contributed by atoms with Gasteiger partial charge in [-0.1, -0.05) is 42.0 Å². The van der Waals surface area contributed by atoms with Crippen molar-refractivity contribution in [2.75, 3.05) is 0 Å². The maximum Gasteiger partial charge on any atom is 0.416 e. The van der Waals surface area contributed by atoms with E-state index < -0.39 is 11.7 Å². The van der Waals surface area contributed by atoms with Gasteiger partial charge in [-0.15, -0.1) is 0 Å². The summed E-state index contributed by atoms with van der Waals surface area (Å²) >= 11 is 0. The van der Waals surface area contributed by atoms with E-state index in [-0.39, 0.29) is 18.1 Å². The van der Waals surface area contributed by atoms with Crippen LogP contribution < -0.4 is 16.2 Å². The molecule has 0 radical (unpaired) electrons. The van der Waals surface area contributed by atoms with Crippen molar-refractivity contribution in [3.8, 4) is 0 Å². The van der Waals surface area contributed by atoms with Gasteiger partial charge < -0.3 is 5.32 Å². The zero-order chi connectivity index (χ0) is 19.4. The molecule has 7 heteroatoms. The highest BCUT2D eigenvalue weighted by atomic mass is 19.4. The molecule has 2 aromatic rings. The SMILES string of the molecule is Cc1ccc(C2CC(NC(=O)/C=C/c3ccc(C(F)(F)F)cc3)NN2)cc1. The van der Waals surface area contributed by atoms with Gasteiger partial charge in [0.05, 0.1) is 11.7 Å². The Hall–Kier alpha value is -2.64. The predicted octanol–water partition coefficient (Wildman–Crippen LogP) is 3.71. The second-order valence-corrected chi connectivity index (χ2v) is 6.50. The number of alkyl halides is 3. The number of amides is 1. The van der Waals surface area contributed by atoms with Crippen LogP contribution in [0.2, 0.25) is 0 Å². The summed E-state index contributed by atoms with van der Waals surface area (Å²) in [6, 6.07) is 12.9. The number of aryl methyl sites for hydroxylation is 1. The predicted molar refractivity (Wildman–Crippen MR) is 97.2 cm³/mol. The van der Waals surface area contributed by atoms with Crippen LogP contribution in [-0.2, 0) is 11.0 Å². The summed E-state index contributed by atoms with van der Waals surface area (Å²) in [5.74, 6) is -0.321. The molecule has 1 saturated heterocycles. The summed E-state index contributed by atoms with van der Waals surface area (Å²) in [5.41, 5.74) is 8.30. The Morgan fingerprint density at radius 1 is 1.07 bits per heavy atom. The van der Waals surface area contributed by atoms with E-state index in [2.05, 4.69) is 16.2 Å². The molecule has 2 atom stereocenters. The highest BCUT2D eigenvalue weighted by Crippen LogP contribution is 2.29. The molecule has 27 heavy (non-hydrogen) atoms. The molecule has 142 valence electrons. The van der Waals surface area contributed by atoms with Crippen molar-refractivity contribution in [2.45, 2.75) is 31.7 Å². The van der Waals surface area contributed by atoms with E-state index in [1.165, 1.54) is 29.8 Å². The van der Waals surface area contributed by atoms with Crippen LogP contribution in [0.3, 0.4) is 0 Å². The third kappa shape index (κ3) is 5.18. The van der Waals surface area contributed by atoms with Crippen LogP contribution in [0, 0.1) is 6.92 Å². The van der Waals surface area contributed by atoms with Crippen LogP contribution in [0.25, 0.3) is 6.08 Å². The maximum atomic E-state index is 12.5. The summed E-state index contributed by atoms with van der Waals surface area (Å²) in [7, 11) is 0. The number of carbonyl (C=O) groups excluding carboxylic acids is 1. The Morgan fingerprint density at radius 3 is 2.37 bits per heavy atom. The van der Waals surface area contributed by atoms with Gasteiger partial charge in [0.25, 0.3) is 0 Å². The van der Waals surface area contributed by atoms with Gasteiger partial charge in [0, 0.05) is 18.5 Å². The molecule has 0 saturated carbocycles. The third-order valence-electron chi connectivity index (χ3n) is 4.36. The summed E-state index contributed by atoms with van der Waals surface area (Å²) in [6.45, 7) is 2.02. The molecule has 1 aliphatic heterocycles. The van der Waals surface area contributed by atoms with Crippen molar-refractivity contribution >= 4 is 12.0 Å². The highest BCUT2D eigenvalue weighted by Gasteiger charge is 2.29. The average molecular weight is 375 g/mol. The summed E-state index contributed by atoms with van der Waals surface area (Å²) in [5, 5.41) is 2.82. The van der Waals surface area contributed by atoms with Crippen LogP contribution in [-0.4, -0.2) is 12.1 Å². The van der Waals surface area contributed by atoms with E-state index >= 15 is 0 Å². The average Bonchev–Trinajstić information content (AvgIpc) is 3.08. The zero-order valence-electron chi connectivity index (χ0n) is 14.7. The Morgan fingerprint density at radius 2 is 1.74 bits per heavy atom. The molecule has 0 aliphatic carbocycles. The van der Waals surface area contributed by atoms with E-state index in [1.807, 2.05) is 31.2 Å². The molecule has 3 N–H and O–H groups in total. The molecule has 1 heterocycles. The first kappa shape index (κ1) is 19.1. The molecule has 3 rings (SSSR count). The van der Waals surface area contributed by atoms with Crippen LogP contribution >= 0.6 is 0 Å². The fourth-order valence-electron chi connectivity index (χ4n) is 2.84. The second-order valence-electron chi connectivity index (χ2n) is 6.50. The van der Waals surface area contributed by atoms with Crippen LogP contribution in [0.15, 0.2) is 54.6 Å². The lowest BCUT2D eigenvalue weighted by atomic mass is 10.0. The van der Waals surface area contributed by atoms with E-state index in [9.17, 15) is 18.0 Å². The zero-order valence-corrected chi connectivity index (χ0v) is 14.7. The number of rotatable bonds is 4. The van der Waals surface area contributed by atoms with Crippen molar-refractivity contribution in [1.29, 1.82) is 0 Å². The summed E-state index contributed by atoms with van der Waals surface area (Å²) < 4.78 is 37.6. The molecular formula is C20H20F3N3O. The molecule has 0 aromatic heterocycles. The second kappa shape index (κ2) is 7.94. The number of nitrogens with one attached hydrogen (secondary N) is 3. The Kier molecular flexibility index (Phi) is 5.62. The molecular weight excluding hydrogens is 355 g/mol. The monoisotopic (exact) mass is 375 g/mol. The first-order valence-corrected chi connectivity index (χ1v) is 8.55. The number of hydrogen-bond acceptors (Lipinski definition) is 3. The summed E-state index contributed by atoms with van der Waals surface area (Å²) in [4.78, 5) is 12.0. The van der Waals surface area contributed by atoms with Crippen molar-refractivity contribution in [2.24, 2.45) is 0 Å².